The number of alkyl carbamates (subject to hydrolysis) is 1. The number of hydrogen-bond acceptors (Lipinski definition) is 5. The van der Waals surface area contributed by atoms with Gasteiger partial charge in [-0.25, -0.2) is 9.78 Å². The van der Waals surface area contributed by atoms with Crippen molar-refractivity contribution in [3.8, 4) is 0 Å². The molecule has 0 saturated heterocycles. The first-order valence-electron chi connectivity index (χ1n) is 7.44. The van der Waals surface area contributed by atoms with Crippen LogP contribution in [0.15, 0.2) is 10.4 Å². The van der Waals surface area contributed by atoms with Crippen LogP contribution >= 0.6 is 11.3 Å². The van der Waals surface area contributed by atoms with E-state index in [-0.39, 0.29) is 6.54 Å². The van der Waals surface area contributed by atoms with Gasteiger partial charge in [0.25, 0.3) is 0 Å². The fraction of sp³-hybridized carbons (Fsp3) is 0.643. The number of hydrogen-bond donors (Lipinski definition) is 3. The second kappa shape index (κ2) is 8.88. The number of guanidine groups is 1. The smallest absolute Gasteiger partial charge is 0.434 e. The highest BCUT2D eigenvalue weighted by atomic mass is 32.1. The summed E-state index contributed by atoms with van der Waals surface area (Å²) in [4.78, 5) is 18.9. The van der Waals surface area contributed by atoms with E-state index in [0.717, 1.165) is 16.7 Å². The summed E-state index contributed by atoms with van der Waals surface area (Å²) in [7, 11) is 1.53. The summed E-state index contributed by atoms with van der Waals surface area (Å²) in [5.41, 5.74) is -1.48. The number of aliphatic imine (C=N–C) groups is 1. The number of rotatable bonds is 5. The summed E-state index contributed by atoms with van der Waals surface area (Å²) >= 11 is 0.916. The van der Waals surface area contributed by atoms with Gasteiger partial charge in [-0.2, -0.15) is 13.2 Å². The van der Waals surface area contributed by atoms with Gasteiger partial charge in [0.15, 0.2) is 11.7 Å². The summed E-state index contributed by atoms with van der Waals surface area (Å²) in [6, 6.07) is 0. The number of carbonyl (C=O) groups is 1. The zero-order chi connectivity index (χ0) is 19.1. The lowest BCUT2D eigenvalue weighted by Gasteiger charge is -2.19. The topological polar surface area (TPSA) is 87.6 Å². The first-order valence-corrected chi connectivity index (χ1v) is 8.32. The van der Waals surface area contributed by atoms with Crippen LogP contribution in [0.5, 0.6) is 0 Å². The summed E-state index contributed by atoms with van der Waals surface area (Å²) in [6.07, 6.45) is -4.97. The predicted molar refractivity (Wildman–Crippen MR) is 89.6 cm³/mol. The van der Waals surface area contributed by atoms with Crippen LogP contribution in [0, 0.1) is 0 Å². The highest BCUT2D eigenvalue weighted by molar-refractivity contribution is 7.09. The molecule has 1 heterocycles. The van der Waals surface area contributed by atoms with Crippen LogP contribution in [-0.4, -0.2) is 42.8 Å². The van der Waals surface area contributed by atoms with E-state index in [9.17, 15) is 18.0 Å². The Hall–Kier alpha value is -2.04. The maximum Gasteiger partial charge on any atom is 0.434 e. The number of carbonyl (C=O) groups excluding carboxylic acids is 1. The van der Waals surface area contributed by atoms with Crippen molar-refractivity contribution in [3.05, 3.63) is 16.1 Å². The van der Waals surface area contributed by atoms with Crippen molar-refractivity contribution >= 4 is 23.4 Å². The number of alkyl halides is 3. The molecule has 0 radical (unpaired) electrons. The number of nitrogens with zero attached hydrogens (tertiary/aromatic N) is 2. The maximum absolute atomic E-state index is 12.5. The summed E-state index contributed by atoms with van der Waals surface area (Å²) in [5.74, 6) is 0.384. The van der Waals surface area contributed by atoms with E-state index in [4.69, 9.17) is 4.74 Å². The first-order chi connectivity index (χ1) is 11.5. The van der Waals surface area contributed by atoms with Crippen molar-refractivity contribution in [2.45, 2.75) is 39.1 Å². The van der Waals surface area contributed by atoms with Crippen molar-refractivity contribution in [2.24, 2.45) is 4.99 Å². The largest absolute Gasteiger partial charge is 0.444 e. The van der Waals surface area contributed by atoms with E-state index in [1.54, 1.807) is 20.8 Å². The number of aromatic nitrogens is 1. The molecule has 0 atom stereocenters. The third kappa shape index (κ3) is 8.57. The fourth-order valence-electron chi connectivity index (χ4n) is 1.56. The Morgan fingerprint density at radius 1 is 1.24 bits per heavy atom. The lowest BCUT2D eigenvalue weighted by Crippen LogP contribution is -2.42. The molecule has 0 aliphatic carbocycles. The molecule has 142 valence electrons. The van der Waals surface area contributed by atoms with Crippen LogP contribution in [0.1, 0.15) is 31.5 Å². The van der Waals surface area contributed by atoms with Gasteiger partial charge >= 0.3 is 12.3 Å². The summed E-state index contributed by atoms with van der Waals surface area (Å²) in [5, 5.41) is 9.61. The second-order valence-corrected chi connectivity index (χ2v) is 6.85. The SMILES string of the molecule is CN=C(NCCNC(=O)OC(C)(C)C)NCc1nc(C(F)(F)F)cs1. The lowest BCUT2D eigenvalue weighted by atomic mass is 10.2. The van der Waals surface area contributed by atoms with E-state index in [0.29, 0.717) is 24.1 Å². The Bertz CT molecular complexity index is 596. The van der Waals surface area contributed by atoms with Gasteiger partial charge in [-0.05, 0) is 20.8 Å². The molecule has 0 spiro atoms. The molecule has 0 saturated carbocycles. The molecular formula is C14H22F3N5O2S. The van der Waals surface area contributed by atoms with E-state index in [2.05, 4.69) is 25.9 Å². The molecule has 3 N–H and O–H groups in total. The third-order valence-electron chi connectivity index (χ3n) is 2.56. The third-order valence-corrected chi connectivity index (χ3v) is 3.41. The highest BCUT2D eigenvalue weighted by Gasteiger charge is 2.33. The van der Waals surface area contributed by atoms with Gasteiger partial charge in [-0.1, -0.05) is 0 Å². The van der Waals surface area contributed by atoms with E-state index in [1.807, 2.05) is 0 Å². The highest BCUT2D eigenvalue weighted by Crippen LogP contribution is 2.29. The molecule has 0 aliphatic heterocycles. The molecule has 11 heteroatoms. The predicted octanol–water partition coefficient (Wildman–Crippen LogP) is 2.35. The summed E-state index contributed by atoms with van der Waals surface area (Å²) in [6.45, 7) is 6.06. The Balaban J connectivity index is 2.31. The van der Waals surface area contributed by atoms with Crippen LogP contribution in [0.2, 0.25) is 0 Å². The van der Waals surface area contributed by atoms with Crippen LogP contribution < -0.4 is 16.0 Å². The maximum atomic E-state index is 12.5. The molecule has 1 rings (SSSR count). The van der Waals surface area contributed by atoms with Crippen molar-refractivity contribution in [2.75, 3.05) is 20.1 Å². The van der Waals surface area contributed by atoms with E-state index < -0.39 is 23.6 Å². The number of halogens is 3. The molecule has 0 aliphatic rings. The zero-order valence-electron chi connectivity index (χ0n) is 14.5. The van der Waals surface area contributed by atoms with Gasteiger partial charge in [-0.3, -0.25) is 4.99 Å². The Labute approximate surface area is 148 Å². The molecule has 1 amide bonds. The van der Waals surface area contributed by atoms with Crippen molar-refractivity contribution in [3.63, 3.8) is 0 Å². The second-order valence-electron chi connectivity index (χ2n) is 5.91. The average Bonchev–Trinajstić information content (AvgIpc) is 2.93. The molecule has 1 aromatic rings. The number of nitrogens with one attached hydrogen (secondary N) is 3. The van der Waals surface area contributed by atoms with Crippen molar-refractivity contribution < 1.29 is 22.7 Å². The van der Waals surface area contributed by atoms with Gasteiger partial charge in [0.05, 0.1) is 6.54 Å². The monoisotopic (exact) mass is 381 g/mol. The molecule has 7 nitrogen and oxygen atoms in total. The molecule has 0 bridgehead atoms. The van der Waals surface area contributed by atoms with Crippen molar-refractivity contribution in [1.29, 1.82) is 0 Å². The normalized spacial score (nSPS) is 12.7. The Kier molecular flexibility index (Phi) is 7.46. The lowest BCUT2D eigenvalue weighted by molar-refractivity contribution is -0.140. The number of ether oxygens (including phenoxy) is 1. The van der Waals surface area contributed by atoms with Gasteiger partial charge in [-0.15, -0.1) is 11.3 Å². The quantitative estimate of drug-likeness (QED) is 0.414. The molecular weight excluding hydrogens is 359 g/mol. The fourth-order valence-corrected chi connectivity index (χ4v) is 2.30. The Morgan fingerprint density at radius 3 is 2.40 bits per heavy atom. The minimum absolute atomic E-state index is 0.111. The molecule has 25 heavy (non-hydrogen) atoms. The Morgan fingerprint density at radius 2 is 1.88 bits per heavy atom. The molecule has 0 unspecified atom stereocenters. The molecule has 0 aromatic carbocycles. The van der Waals surface area contributed by atoms with Gasteiger partial charge in [0, 0.05) is 25.5 Å². The van der Waals surface area contributed by atoms with E-state index >= 15 is 0 Å². The molecule has 1 aromatic heterocycles. The van der Waals surface area contributed by atoms with Crippen LogP contribution in [0.3, 0.4) is 0 Å². The van der Waals surface area contributed by atoms with Gasteiger partial charge in [0.2, 0.25) is 0 Å². The number of amides is 1. The molecule has 0 fully saturated rings. The standard InChI is InChI=1S/C14H22F3N5O2S/c1-13(2,3)24-12(23)20-6-5-19-11(18-4)21-7-10-22-9(8-25-10)14(15,16)17/h8H,5-7H2,1-4H3,(H,20,23)(H2,18,19,21). The first kappa shape index (κ1) is 21.0. The van der Waals surface area contributed by atoms with Crippen LogP contribution in [0.4, 0.5) is 18.0 Å². The van der Waals surface area contributed by atoms with Crippen molar-refractivity contribution in [1.82, 2.24) is 20.9 Å². The summed E-state index contributed by atoms with van der Waals surface area (Å²) < 4.78 is 42.5. The minimum atomic E-state index is -4.44. The zero-order valence-corrected chi connectivity index (χ0v) is 15.3. The van der Waals surface area contributed by atoms with Crippen LogP contribution in [-0.2, 0) is 17.5 Å². The van der Waals surface area contributed by atoms with Gasteiger partial charge < -0.3 is 20.7 Å². The number of thiazole rings is 1. The van der Waals surface area contributed by atoms with Gasteiger partial charge in [0.1, 0.15) is 10.6 Å². The van der Waals surface area contributed by atoms with E-state index in [1.165, 1.54) is 7.05 Å². The average molecular weight is 381 g/mol. The van der Waals surface area contributed by atoms with Crippen LogP contribution in [0.25, 0.3) is 0 Å². The minimum Gasteiger partial charge on any atom is -0.444 e.